The van der Waals surface area contributed by atoms with Crippen molar-refractivity contribution in [3.8, 4) is 29.3 Å². The Balaban J connectivity index is 0.000000257. The maximum atomic E-state index is 14.0. The van der Waals surface area contributed by atoms with Crippen LogP contribution in [0.3, 0.4) is 0 Å². The Labute approximate surface area is 664 Å². The second-order valence-electron chi connectivity index (χ2n) is 31.0. The predicted molar refractivity (Wildman–Crippen MR) is 473 cm³/mol. The van der Waals surface area contributed by atoms with E-state index in [2.05, 4.69) is 177 Å². The van der Waals surface area contributed by atoms with Gasteiger partial charge < -0.3 is 0 Å². The Morgan fingerprint density at radius 3 is 1.09 bits per heavy atom. The number of halogens is 2. The second-order valence-corrected chi connectivity index (χ2v) is 64.0. The molecule has 0 aliphatic carbocycles. The summed E-state index contributed by atoms with van der Waals surface area (Å²) in [6.07, 6.45) is 35.2. The summed E-state index contributed by atoms with van der Waals surface area (Å²) >= 11 is 16.0. The van der Waals surface area contributed by atoms with Crippen molar-refractivity contribution in [1.29, 1.82) is 0 Å². The Bertz CT molecular complexity index is 3570. The molecule has 0 bridgehead atoms. The smallest absolute Gasteiger partial charge is 0.263 e. The first-order valence-corrected chi connectivity index (χ1v) is 60.7. The molecule has 4 aliphatic rings. The van der Waals surface area contributed by atoms with Gasteiger partial charge in [0.1, 0.15) is 8.07 Å². The minimum atomic E-state index is -2.09. The number of rotatable bonds is 40. The molecule has 10 heterocycles. The van der Waals surface area contributed by atoms with E-state index in [1.54, 1.807) is 41.2 Å². The summed E-state index contributed by atoms with van der Waals surface area (Å²) in [5.41, 5.74) is 2.43. The van der Waals surface area contributed by atoms with Crippen LogP contribution in [0.2, 0.25) is 39.0 Å². The maximum absolute atomic E-state index is 14.0. The second kappa shape index (κ2) is 41.8. The number of carbonyl (C=O) groups is 4. The molecule has 0 radical (unpaired) electrons. The summed E-state index contributed by atoms with van der Waals surface area (Å²) in [5.74, 6) is 2.90. The minimum Gasteiger partial charge on any atom is -0.274 e. The van der Waals surface area contributed by atoms with E-state index in [0.717, 1.165) is 66.7 Å². The normalized spacial score (nSPS) is 17.6. The minimum absolute atomic E-state index is 0. The third kappa shape index (κ3) is 20.6. The first-order valence-electron chi connectivity index (χ1n) is 39.4. The molecule has 0 saturated carbocycles. The van der Waals surface area contributed by atoms with Crippen LogP contribution in [-0.2, 0) is 0 Å². The number of fused-ring (bicyclic) bond motifs is 8. The van der Waals surface area contributed by atoms with Gasteiger partial charge in [0.05, 0.1) is 34.7 Å². The summed E-state index contributed by atoms with van der Waals surface area (Å²) < 4.78 is 3.30. The van der Waals surface area contributed by atoms with Crippen molar-refractivity contribution in [3.05, 3.63) is 68.7 Å². The molecular weight excluding hydrogens is 1650 g/mol. The molecule has 0 saturated heterocycles. The molecule has 0 spiro atoms. The van der Waals surface area contributed by atoms with Crippen molar-refractivity contribution in [1.82, 2.24) is 9.80 Å². The van der Waals surface area contributed by atoms with Crippen molar-refractivity contribution < 1.29 is 19.2 Å². The first kappa shape index (κ1) is 89.0. The average Bonchev–Trinajstić information content (AvgIpc) is 1.55. The molecule has 564 valence electrons. The van der Waals surface area contributed by atoms with E-state index < -0.39 is 34.5 Å². The van der Waals surface area contributed by atoms with Crippen LogP contribution in [0.25, 0.3) is 29.3 Å². The molecule has 0 N–H and O–H groups in total. The van der Waals surface area contributed by atoms with E-state index >= 15 is 0 Å². The molecule has 5 atom stereocenters. The fourth-order valence-electron chi connectivity index (χ4n) is 16.6. The molecule has 4 amide bonds. The van der Waals surface area contributed by atoms with E-state index in [1.807, 2.05) is 42.9 Å². The van der Waals surface area contributed by atoms with Gasteiger partial charge in [0, 0.05) is 37.5 Å². The average molecular weight is 1780 g/mol. The molecule has 101 heavy (non-hydrogen) atoms. The Morgan fingerprint density at radius 1 is 0.386 bits per heavy atom. The molecule has 0 aromatic carbocycles. The van der Waals surface area contributed by atoms with Crippen molar-refractivity contribution in [2.45, 2.75) is 316 Å². The van der Waals surface area contributed by atoms with Crippen molar-refractivity contribution in [2.24, 2.45) is 23.7 Å². The van der Waals surface area contributed by atoms with E-state index in [9.17, 15) is 19.2 Å². The van der Waals surface area contributed by atoms with Crippen LogP contribution in [-0.4, -0.2) is 81.0 Å². The van der Waals surface area contributed by atoms with Crippen molar-refractivity contribution in [2.75, 3.05) is 13.1 Å². The molecule has 6 aromatic heterocycles. The van der Waals surface area contributed by atoms with Gasteiger partial charge in [-0.05, 0) is 105 Å². The number of aryl methyl sites for hydroxylation is 3. The van der Waals surface area contributed by atoms with Crippen molar-refractivity contribution in [3.63, 3.8) is 0 Å². The molecule has 6 nitrogen and oxygen atoms in total. The number of thiophene rings is 6. The first-order chi connectivity index (χ1) is 47.5. The van der Waals surface area contributed by atoms with Crippen molar-refractivity contribution >= 4 is 192 Å². The number of hydrogen-bond donors (Lipinski definition) is 0. The van der Waals surface area contributed by atoms with Crippen LogP contribution in [0.5, 0.6) is 0 Å². The van der Waals surface area contributed by atoms with Gasteiger partial charge in [-0.2, -0.15) is 9.90 Å². The van der Waals surface area contributed by atoms with Gasteiger partial charge in [-0.1, -0.05) is 165 Å². The third-order valence-corrected chi connectivity index (χ3v) is 52.0. The fraction of sp³-hybridized carbons (Fsp3) is 0.663. The zero-order valence-electron chi connectivity index (χ0n) is 64.6. The van der Waals surface area contributed by atoms with E-state index in [-0.39, 0.29) is 41.0 Å². The maximum Gasteiger partial charge on any atom is 0.263 e. The molecule has 18 heteroatoms. The van der Waals surface area contributed by atoms with Gasteiger partial charge in [-0.3, -0.25) is 29.0 Å². The number of hydrogen-bond acceptors (Lipinski definition) is 10. The Kier molecular flexibility index (Phi) is 36.8. The van der Waals surface area contributed by atoms with Gasteiger partial charge in [-0.25, -0.2) is 0 Å². The number of amides is 4. The molecule has 10 rings (SSSR count). The molecule has 5 unspecified atom stereocenters. The summed E-state index contributed by atoms with van der Waals surface area (Å²) in [6, 6.07) is 16.3. The van der Waals surface area contributed by atoms with Gasteiger partial charge >= 0.3 is 214 Å². The van der Waals surface area contributed by atoms with E-state index in [4.69, 9.17) is 0 Å². The number of unbranched alkanes of at least 4 members (excludes halogenated alkanes) is 14. The largest absolute Gasteiger partial charge is 0.274 e. The standard InChI is InChI=1S/C40H59NO2S3Si.C25H39S2Si.C14H17Br2NO2S.CH4.3CH3.H3P.Sn/c1-8-13-16-17-18-19-22-41-39(42)34-28(7)45-36(35(34)40(41)43)31-24-33-38(46-31)37-32(23-27(6)44-37)47(33,25-29(11-4)20-14-9-2)26-30(12-5)21-15-10-3;1-6-10-12-20(8-3)17-28(18-21(9-4)13-11-7-2)22-14-15-26-24(22)25-23(28)16-19(5)27-25;1-2-3-4-5-6-7-8-17-13(18)9-10(14(17)19)12(16)20-11(9)15;;;;;;/h23-24,29-30H,8-22,25-26H2,1-7H3;14,16,20-21H,6-13,17-18H2,1-5H3;2-8H2,1H3;1H4;4*1H3;. The zero-order chi connectivity index (χ0) is 71.9. The quantitative estimate of drug-likeness (QED) is 0.0166. The van der Waals surface area contributed by atoms with Crippen LogP contribution in [0.4, 0.5) is 0 Å². The summed E-state index contributed by atoms with van der Waals surface area (Å²) in [7, 11) is -3.79. The van der Waals surface area contributed by atoms with Gasteiger partial charge in [0.15, 0.2) is 0 Å². The number of carbonyl (C=O) groups excluding carboxylic acids is 4. The van der Waals surface area contributed by atoms with Crippen LogP contribution < -0.4 is 23.6 Å². The van der Waals surface area contributed by atoms with Gasteiger partial charge in [-0.15, -0.1) is 45.3 Å². The third-order valence-electron chi connectivity index (χ3n) is 22.5. The van der Waals surface area contributed by atoms with E-state index in [1.165, 1.54) is 214 Å². The topological polar surface area (TPSA) is 74.8 Å². The Hall–Kier alpha value is -0.898. The molecule has 0 fully saturated rings. The number of imide groups is 2. The fourth-order valence-corrected chi connectivity index (χ4v) is 47.3. The van der Waals surface area contributed by atoms with Gasteiger partial charge in [0.2, 0.25) is 0 Å². The predicted octanol–water partition coefficient (Wildman–Crippen LogP) is 26.7. The monoisotopic (exact) mass is 1780 g/mol. The summed E-state index contributed by atoms with van der Waals surface area (Å²) in [5, 5.41) is 7.14. The zero-order valence-corrected chi connectivity index (χ0v) is 78.9. The summed E-state index contributed by atoms with van der Waals surface area (Å²) in [6.45, 7) is 31.4. The van der Waals surface area contributed by atoms with Crippen LogP contribution in [0.15, 0.2) is 31.8 Å². The van der Waals surface area contributed by atoms with Crippen LogP contribution >= 0.6 is 110 Å². The molecule has 6 aromatic rings. The van der Waals surface area contributed by atoms with Gasteiger partial charge in [0.25, 0.3) is 23.6 Å². The molecular formula is C83H131Br2N2O4PS6Si2Sn. The van der Waals surface area contributed by atoms with Crippen LogP contribution in [0, 0.1) is 44.4 Å². The molecule has 4 aliphatic heterocycles. The van der Waals surface area contributed by atoms with Crippen LogP contribution in [0.1, 0.15) is 313 Å². The number of nitrogens with zero attached hydrogens (tertiary/aromatic N) is 2. The SMILES string of the molecule is C.CCCCC(CC)C[Si]1(CC(CC)CCCC)c2cc(C)sc2-c2s[c]([Sn]([CH3])([CH3])[CH3])cc21.CCCCCCCCN1C(=O)c2c(Br)sc(Br)c2C1=O.CCCCCCCCN1C(=O)c2c(C)sc(-c3cc4c(s3)-c3sc(C)cc3[Si]4(CC(CC)CCCC)CC(CC)CCCC)c2C1=O.P. The Morgan fingerprint density at radius 2 is 0.713 bits per heavy atom. The van der Waals surface area contributed by atoms with E-state index in [0.29, 0.717) is 35.3 Å². The summed E-state index contributed by atoms with van der Waals surface area (Å²) in [4.78, 5) is 75.7.